The monoisotopic (exact) mass is 331 g/mol. The van der Waals surface area contributed by atoms with Crippen molar-refractivity contribution in [2.24, 2.45) is 0 Å². The molecule has 0 spiro atoms. The number of ether oxygens (including phenoxy) is 3. The van der Waals surface area contributed by atoms with Crippen LogP contribution in [0.5, 0.6) is 17.2 Å². The molecule has 24 heavy (non-hydrogen) atoms. The minimum Gasteiger partial charge on any atom is -0.493 e. The molecule has 0 unspecified atom stereocenters. The molecule has 7 heteroatoms. The predicted molar refractivity (Wildman–Crippen MR) is 90.8 cm³/mol. The molecule has 7 nitrogen and oxygen atoms in total. The smallest absolute Gasteiger partial charge is 0.266 e. The average Bonchev–Trinajstić information content (AvgIpc) is 3.29. The van der Waals surface area contributed by atoms with Crippen LogP contribution in [-0.4, -0.2) is 44.6 Å². The summed E-state index contributed by atoms with van der Waals surface area (Å²) in [6.45, 7) is 1.96. The van der Waals surface area contributed by atoms with Crippen molar-refractivity contribution in [2.45, 2.75) is 12.8 Å². The van der Waals surface area contributed by atoms with Crippen LogP contribution >= 0.6 is 0 Å². The van der Waals surface area contributed by atoms with E-state index in [0.29, 0.717) is 29.1 Å². The first-order valence-corrected chi connectivity index (χ1v) is 7.82. The standard InChI is InChI=1S/C17H21N3O4/c1-21-13-10-12(11-14(22-2)16(13)23-3)6-7-15-18-17(19-24-15)20-8-4-5-9-20/h6-7,10-11H,4-5,8-9H2,1-3H3/b7-6+. The van der Waals surface area contributed by atoms with Gasteiger partial charge in [-0.1, -0.05) is 0 Å². The first-order valence-electron chi connectivity index (χ1n) is 7.82. The van der Waals surface area contributed by atoms with Crippen LogP contribution in [0.4, 0.5) is 5.95 Å². The van der Waals surface area contributed by atoms with E-state index >= 15 is 0 Å². The molecule has 0 aliphatic carbocycles. The van der Waals surface area contributed by atoms with E-state index in [9.17, 15) is 0 Å². The molecule has 3 rings (SSSR count). The Kier molecular flexibility index (Phi) is 4.88. The van der Waals surface area contributed by atoms with Crippen LogP contribution < -0.4 is 19.1 Å². The highest BCUT2D eigenvalue weighted by Crippen LogP contribution is 2.38. The number of benzene rings is 1. The third kappa shape index (κ3) is 3.29. The molecule has 1 aliphatic heterocycles. The first-order chi connectivity index (χ1) is 11.7. The van der Waals surface area contributed by atoms with E-state index in [1.165, 1.54) is 12.8 Å². The van der Waals surface area contributed by atoms with Gasteiger partial charge >= 0.3 is 0 Å². The van der Waals surface area contributed by atoms with Crippen LogP contribution in [0.2, 0.25) is 0 Å². The number of aromatic nitrogens is 2. The van der Waals surface area contributed by atoms with Crippen LogP contribution in [-0.2, 0) is 0 Å². The number of nitrogens with zero attached hydrogens (tertiary/aromatic N) is 3. The quantitative estimate of drug-likeness (QED) is 0.806. The second kappa shape index (κ2) is 7.25. The topological polar surface area (TPSA) is 69.9 Å². The Bertz CT molecular complexity index is 695. The van der Waals surface area contributed by atoms with E-state index in [-0.39, 0.29) is 0 Å². The van der Waals surface area contributed by atoms with Crippen molar-refractivity contribution in [1.29, 1.82) is 0 Å². The highest BCUT2D eigenvalue weighted by atomic mass is 16.5. The van der Waals surface area contributed by atoms with Gasteiger partial charge in [-0.25, -0.2) is 0 Å². The van der Waals surface area contributed by atoms with Crippen molar-refractivity contribution >= 4 is 18.1 Å². The van der Waals surface area contributed by atoms with Gasteiger partial charge in [-0.05, 0) is 41.8 Å². The summed E-state index contributed by atoms with van der Waals surface area (Å²) in [4.78, 5) is 6.53. The van der Waals surface area contributed by atoms with Gasteiger partial charge in [0.15, 0.2) is 11.5 Å². The molecule has 1 saturated heterocycles. The summed E-state index contributed by atoms with van der Waals surface area (Å²) in [5, 5.41) is 4.02. The first kappa shape index (κ1) is 16.2. The summed E-state index contributed by atoms with van der Waals surface area (Å²) < 4.78 is 21.3. The zero-order chi connectivity index (χ0) is 16.9. The number of rotatable bonds is 6. The van der Waals surface area contributed by atoms with Crippen molar-refractivity contribution in [3.8, 4) is 17.2 Å². The summed E-state index contributed by atoms with van der Waals surface area (Å²) in [5.41, 5.74) is 0.880. The van der Waals surface area contributed by atoms with Gasteiger partial charge in [0.05, 0.1) is 21.3 Å². The summed E-state index contributed by atoms with van der Waals surface area (Å²) in [6, 6.07) is 3.71. The van der Waals surface area contributed by atoms with Crippen molar-refractivity contribution < 1.29 is 18.7 Å². The predicted octanol–water partition coefficient (Wildman–Crippen LogP) is 2.87. The molecule has 0 N–H and O–H groups in total. The lowest BCUT2D eigenvalue weighted by atomic mass is 10.1. The van der Waals surface area contributed by atoms with Gasteiger partial charge in [-0.2, -0.15) is 4.98 Å². The minimum atomic E-state index is 0.464. The Morgan fingerprint density at radius 1 is 1.00 bits per heavy atom. The Morgan fingerprint density at radius 2 is 1.67 bits per heavy atom. The van der Waals surface area contributed by atoms with Gasteiger partial charge < -0.3 is 23.6 Å². The number of anilines is 1. The molecule has 2 aromatic rings. The molecule has 0 amide bonds. The van der Waals surface area contributed by atoms with Crippen LogP contribution in [0.1, 0.15) is 24.3 Å². The fourth-order valence-corrected chi connectivity index (χ4v) is 2.71. The van der Waals surface area contributed by atoms with E-state index in [1.807, 2.05) is 18.2 Å². The van der Waals surface area contributed by atoms with Gasteiger partial charge in [0.2, 0.25) is 5.75 Å². The van der Waals surface area contributed by atoms with E-state index < -0.39 is 0 Å². The van der Waals surface area contributed by atoms with Crippen LogP contribution in [0.3, 0.4) is 0 Å². The fourth-order valence-electron chi connectivity index (χ4n) is 2.71. The maximum absolute atomic E-state index is 5.35. The second-order valence-electron chi connectivity index (χ2n) is 5.42. The van der Waals surface area contributed by atoms with Gasteiger partial charge in [-0.15, -0.1) is 0 Å². The molecule has 1 fully saturated rings. The van der Waals surface area contributed by atoms with E-state index in [0.717, 1.165) is 18.7 Å². The molecule has 2 heterocycles. The number of hydrogen-bond donors (Lipinski definition) is 0. The van der Waals surface area contributed by atoms with Gasteiger partial charge in [0.25, 0.3) is 11.8 Å². The maximum Gasteiger partial charge on any atom is 0.266 e. The molecule has 128 valence electrons. The summed E-state index contributed by atoms with van der Waals surface area (Å²) >= 11 is 0. The maximum atomic E-state index is 5.35. The molecular formula is C17H21N3O4. The van der Waals surface area contributed by atoms with Crippen molar-refractivity contribution in [3.63, 3.8) is 0 Å². The molecule has 0 radical (unpaired) electrons. The lowest BCUT2D eigenvalue weighted by Gasteiger charge is -2.12. The third-order valence-electron chi connectivity index (χ3n) is 3.93. The number of hydrogen-bond acceptors (Lipinski definition) is 7. The van der Waals surface area contributed by atoms with Crippen molar-refractivity contribution in [1.82, 2.24) is 10.1 Å². The molecule has 1 aliphatic rings. The van der Waals surface area contributed by atoms with Gasteiger partial charge in [-0.3, -0.25) is 0 Å². The number of methoxy groups -OCH3 is 3. The lowest BCUT2D eigenvalue weighted by molar-refractivity contribution is 0.324. The molecular weight excluding hydrogens is 310 g/mol. The van der Waals surface area contributed by atoms with E-state index in [2.05, 4.69) is 15.0 Å². The highest BCUT2D eigenvalue weighted by Gasteiger charge is 2.17. The van der Waals surface area contributed by atoms with Crippen LogP contribution in [0, 0.1) is 0 Å². The van der Waals surface area contributed by atoms with E-state index in [1.54, 1.807) is 27.4 Å². The second-order valence-corrected chi connectivity index (χ2v) is 5.42. The molecule has 0 saturated carbocycles. The molecule has 1 aromatic carbocycles. The zero-order valence-corrected chi connectivity index (χ0v) is 14.1. The van der Waals surface area contributed by atoms with Crippen LogP contribution in [0.15, 0.2) is 16.7 Å². The highest BCUT2D eigenvalue weighted by molar-refractivity contribution is 5.70. The molecule has 0 bridgehead atoms. The Hall–Kier alpha value is -2.70. The molecule has 1 aromatic heterocycles. The zero-order valence-electron chi connectivity index (χ0n) is 14.1. The Labute approximate surface area is 140 Å². The molecule has 0 atom stereocenters. The van der Waals surface area contributed by atoms with Gasteiger partial charge in [0, 0.05) is 19.2 Å². The Balaban J connectivity index is 1.81. The summed E-state index contributed by atoms with van der Waals surface area (Å²) in [5.74, 6) is 2.87. The SMILES string of the molecule is COc1cc(/C=C/c2nc(N3CCCC3)no2)cc(OC)c1OC. The third-order valence-corrected chi connectivity index (χ3v) is 3.93. The lowest BCUT2D eigenvalue weighted by Crippen LogP contribution is -2.18. The minimum absolute atomic E-state index is 0.464. The fraction of sp³-hybridized carbons (Fsp3) is 0.412. The summed E-state index contributed by atoms with van der Waals surface area (Å²) in [7, 11) is 4.75. The van der Waals surface area contributed by atoms with Crippen molar-refractivity contribution in [2.75, 3.05) is 39.3 Å². The van der Waals surface area contributed by atoms with Gasteiger partial charge in [0.1, 0.15) is 0 Å². The Morgan fingerprint density at radius 3 is 2.25 bits per heavy atom. The average molecular weight is 331 g/mol. The van der Waals surface area contributed by atoms with Crippen molar-refractivity contribution in [3.05, 3.63) is 23.6 Å². The summed E-state index contributed by atoms with van der Waals surface area (Å²) in [6.07, 6.45) is 5.98. The normalized spacial score (nSPS) is 14.4. The van der Waals surface area contributed by atoms with E-state index in [4.69, 9.17) is 18.7 Å². The van der Waals surface area contributed by atoms with Crippen LogP contribution in [0.25, 0.3) is 12.2 Å². The largest absolute Gasteiger partial charge is 0.493 e.